The van der Waals surface area contributed by atoms with Gasteiger partial charge in [0.25, 0.3) is 0 Å². The van der Waals surface area contributed by atoms with Gasteiger partial charge in [0.05, 0.1) is 0 Å². The Bertz CT molecular complexity index is 612. The predicted molar refractivity (Wildman–Crippen MR) is 99.8 cm³/mol. The van der Waals surface area contributed by atoms with Gasteiger partial charge in [-0.3, -0.25) is 4.79 Å². The number of carbonyl (C=O) groups excluding carboxylic acids is 1. The molecule has 1 saturated heterocycles. The van der Waals surface area contributed by atoms with Gasteiger partial charge >= 0.3 is 0 Å². The van der Waals surface area contributed by atoms with Crippen LogP contribution in [-0.2, 0) is 4.79 Å². The zero-order chi connectivity index (χ0) is 18.2. The first kappa shape index (κ1) is 19.0. The Morgan fingerprint density at radius 1 is 1.24 bits per heavy atom. The van der Waals surface area contributed by atoms with E-state index in [1.165, 1.54) is 12.0 Å². The van der Waals surface area contributed by atoms with Crippen molar-refractivity contribution in [2.24, 2.45) is 5.92 Å². The molecule has 1 aliphatic heterocycles. The zero-order valence-corrected chi connectivity index (χ0v) is 15.5. The van der Waals surface area contributed by atoms with Gasteiger partial charge in [0.1, 0.15) is 18.7 Å². The summed E-state index contributed by atoms with van der Waals surface area (Å²) in [6, 6.07) is -0.312. The molecule has 2 heterocycles. The summed E-state index contributed by atoms with van der Waals surface area (Å²) in [7, 11) is 0. The lowest BCUT2D eigenvalue weighted by molar-refractivity contribution is -0.136. The highest BCUT2D eigenvalue weighted by Gasteiger charge is 2.26. The fraction of sp³-hybridized carbons (Fsp3) is 0.526. The van der Waals surface area contributed by atoms with E-state index in [1.54, 1.807) is 11.0 Å². The molecule has 2 unspecified atom stereocenters. The zero-order valence-electron chi connectivity index (χ0n) is 15.5. The highest BCUT2D eigenvalue weighted by Crippen LogP contribution is 2.16. The summed E-state index contributed by atoms with van der Waals surface area (Å²) in [5.41, 5.74) is 1.23. The Balaban J connectivity index is 1.95. The minimum Gasteiger partial charge on any atom is -0.368 e. The lowest BCUT2D eigenvalue weighted by Crippen LogP contribution is -2.49. The van der Waals surface area contributed by atoms with Gasteiger partial charge in [0.15, 0.2) is 0 Å². The monoisotopic (exact) mass is 343 g/mol. The Hall–Kier alpha value is -2.37. The van der Waals surface area contributed by atoms with E-state index in [9.17, 15) is 4.79 Å². The first-order valence-corrected chi connectivity index (χ1v) is 8.95. The fourth-order valence-corrected chi connectivity index (χ4v) is 2.82. The van der Waals surface area contributed by atoms with Crippen LogP contribution < -0.4 is 0 Å². The third kappa shape index (κ3) is 5.05. The van der Waals surface area contributed by atoms with Gasteiger partial charge in [-0.05, 0) is 25.3 Å². The van der Waals surface area contributed by atoms with Crippen molar-refractivity contribution in [3.8, 4) is 0 Å². The lowest BCUT2D eigenvalue weighted by Gasteiger charge is -2.37. The molecular formula is C19H29N5O. The Labute approximate surface area is 150 Å². The molecule has 1 fully saturated rings. The molecule has 25 heavy (non-hydrogen) atoms. The quantitative estimate of drug-likeness (QED) is 0.564. The molecular weight excluding hydrogens is 314 g/mol. The van der Waals surface area contributed by atoms with Crippen molar-refractivity contribution in [2.75, 3.05) is 26.2 Å². The first-order chi connectivity index (χ1) is 12.1. The number of amides is 1. The van der Waals surface area contributed by atoms with E-state index in [0.717, 1.165) is 32.6 Å². The molecule has 2 atom stereocenters. The van der Waals surface area contributed by atoms with Crippen molar-refractivity contribution in [3.63, 3.8) is 0 Å². The molecule has 0 N–H and O–H groups in total. The standard InChI is InChI=1S/C19H29N5O/c1-5-7-18(9-8-16(3)6-2)22-10-12-23(13-11-22)19(25)17(4)24-15-20-14-21-24/h6-9,14-17H,2,5,10-13H2,1,3-4H3. The maximum absolute atomic E-state index is 12.6. The van der Waals surface area contributed by atoms with Crippen LogP contribution in [0.15, 0.2) is 49.2 Å². The molecule has 6 nitrogen and oxygen atoms in total. The average Bonchev–Trinajstić information content (AvgIpc) is 3.18. The lowest BCUT2D eigenvalue weighted by atomic mass is 10.1. The number of carbonyl (C=O) groups is 1. The van der Waals surface area contributed by atoms with Gasteiger partial charge in [0, 0.05) is 31.9 Å². The summed E-state index contributed by atoms with van der Waals surface area (Å²) in [5, 5.41) is 4.07. The van der Waals surface area contributed by atoms with Crippen LogP contribution >= 0.6 is 0 Å². The van der Waals surface area contributed by atoms with Gasteiger partial charge in [-0.25, -0.2) is 9.67 Å². The largest absolute Gasteiger partial charge is 0.368 e. The molecule has 0 radical (unpaired) electrons. The normalized spacial score (nSPS) is 18.4. The third-order valence-corrected chi connectivity index (χ3v) is 4.50. The molecule has 0 aromatic carbocycles. The van der Waals surface area contributed by atoms with Gasteiger partial charge in [-0.15, -0.1) is 6.58 Å². The van der Waals surface area contributed by atoms with Gasteiger partial charge in [0.2, 0.25) is 5.91 Å². The third-order valence-electron chi connectivity index (χ3n) is 4.50. The highest BCUT2D eigenvalue weighted by molar-refractivity contribution is 5.80. The fourth-order valence-electron chi connectivity index (χ4n) is 2.82. The molecule has 0 saturated carbocycles. The number of allylic oxidation sites excluding steroid dienone is 4. The number of hydrogen-bond acceptors (Lipinski definition) is 4. The van der Waals surface area contributed by atoms with Crippen LogP contribution in [0.2, 0.25) is 0 Å². The minimum atomic E-state index is -0.312. The minimum absolute atomic E-state index is 0.0991. The second-order valence-corrected chi connectivity index (χ2v) is 6.35. The van der Waals surface area contributed by atoms with Gasteiger partial charge < -0.3 is 9.80 Å². The number of aromatic nitrogens is 3. The molecule has 1 aliphatic rings. The maximum atomic E-state index is 12.6. The number of piperazine rings is 1. The molecule has 0 aliphatic carbocycles. The summed E-state index contributed by atoms with van der Waals surface area (Å²) in [6.07, 6.45) is 12.5. The van der Waals surface area contributed by atoms with Crippen LogP contribution in [0, 0.1) is 5.92 Å². The SMILES string of the molecule is C=CC(C)C=CC(=CCC)N1CCN(C(=O)C(C)n2cncn2)CC1. The Kier molecular flexibility index (Phi) is 6.98. The van der Waals surface area contributed by atoms with Crippen LogP contribution in [-0.4, -0.2) is 56.7 Å². The van der Waals surface area contributed by atoms with E-state index in [2.05, 4.69) is 53.6 Å². The van der Waals surface area contributed by atoms with Crippen molar-refractivity contribution >= 4 is 5.91 Å². The maximum Gasteiger partial charge on any atom is 0.247 e. The summed E-state index contributed by atoms with van der Waals surface area (Å²) in [5.74, 6) is 0.452. The van der Waals surface area contributed by atoms with Crippen LogP contribution in [0.1, 0.15) is 33.2 Å². The van der Waals surface area contributed by atoms with E-state index < -0.39 is 0 Å². The van der Waals surface area contributed by atoms with E-state index in [0.29, 0.717) is 5.92 Å². The van der Waals surface area contributed by atoms with Gasteiger partial charge in [-0.1, -0.05) is 32.1 Å². The van der Waals surface area contributed by atoms with Crippen molar-refractivity contribution in [1.29, 1.82) is 0 Å². The number of nitrogens with zero attached hydrogens (tertiary/aromatic N) is 5. The van der Waals surface area contributed by atoms with Crippen LogP contribution in [0.4, 0.5) is 0 Å². The molecule has 1 aromatic rings. The highest BCUT2D eigenvalue weighted by atomic mass is 16.2. The molecule has 136 valence electrons. The van der Waals surface area contributed by atoms with Crippen molar-refractivity contribution < 1.29 is 4.79 Å². The topological polar surface area (TPSA) is 54.3 Å². The van der Waals surface area contributed by atoms with Crippen molar-refractivity contribution in [1.82, 2.24) is 24.6 Å². The van der Waals surface area contributed by atoms with Crippen LogP contribution in [0.25, 0.3) is 0 Å². The Morgan fingerprint density at radius 3 is 2.48 bits per heavy atom. The number of rotatable bonds is 7. The molecule has 1 aromatic heterocycles. The van der Waals surface area contributed by atoms with E-state index >= 15 is 0 Å². The summed E-state index contributed by atoms with van der Waals surface area (Å²) >= 11 is 0. The van der Waals surface area contributed by atoms with E-state index in [-0.39, 0.29) is 11.9 Å². The average molecular weight is 343 g/mol. The molecule has 1 amide bonds. The summed E-state index contributed by atoms with van der Waals surface area (Å²) in [4.78, 5) is 20.8. The molecule has 6 heteroatoms. The second-order valence-electron chi connectivity index (χ2n) is 6.35. The summed E-state index contributed by atoms with van der Waals surface area (Å²) in [6.45, 7) is 13.1. The van der Waals surface area contributed by atoms with Gasteiger partial charge in [-0.2, -0.15) is 5.10 Å². The Morgan fingerprint density at radius 2 is 1.92 bits per heavy atom. The number of hydrogen-bond donors (Lipinski definition) is 0. The van der Waals surface area contributed by atoms with Crippen molar-refractivity contribution in [2.45, 2.75) is 33.2 Å². The predicted octanol–water partition coefficient (Wildman–Crippen LogP) is 2.66. The van der Waals surface area contributed by atoms with Crippen LogP contribution in [0.3, 0.4) is 0 Å². The smallest absolute Gasteiger partial charge is 0.247 e. The van der Waals surface area contributed by atoms with Crippen LogP contribution in [0.5, 0.6) is 0 Å². The molecule has 2 rings (SSSR count). The van der Waals surface area contributed by atoms with E-state index in [1.807, 2.05) is 17.9 Å². The first-order valence-electron chi connectivity index (χ1n) is 8.95. The van der Waals surface area contributed by atoms with E-state index in [4.69, 9.17) is 0 Å². The second kappa shape index (κ2) is 9.20. The molecule has 0 spiro atoms. The summed E-state index contributed by atoms with van der Waals surface area (Å²) < 4.78 is 1.61. The van der Waals surface area contributed by atoms with Crippen molar-refractivity contribution in [3.05, 3.63) is 49.2 Å². The molecule has 0 bridgehead atoms.